The van der Waals surface area contributed by atoms with Crippen LogP contribution in [0.2, 0.25) is 0 Å². The van der Waals surface area contributed by atoms with Crippen LogP contribution in [0.3, 0.4) is 0 Å². The van der Waals surface area contributed by atoms with E-state index in [9.17, 15) is 19.5 Å². The normalized spacial score (nSPS) is 13.6. The minimum atomic E-state index is -1.44. The molecular formula is C13H24N6O7. The average molecular weight is 376 g/mol. The Balaban J connectivity index is 0.00000110. The molecule has 0 fully saturated rings. The molecule has 9 N–H and O–H groups in total. The Hall–Kier alpha value is -2.77. The third-order valence-electron chi connectivity index (χ3n) is 2.78. The van der Waals surface area contributed by atoms with E-state index in [1.165, 1.54) is 6.92 Å². The summed E-state index contributed by atoms with van der Waals surface area (Å²) in [5.74, 6) is -1.56. The van der Waals surface area contributed by atoms with Gasteiger partial charge < -0.3 is 41.8 Å². The molecule has 13 heteroatoms. The molecule has 0 spiro atoms. The van der Waals surface area contributed by atoms with E-state index in [1.807, 2.05) is 0 Å². The number of nitrogens with one attached hydrogen (secondary N) is 2. The van der Waals surface area contributed by atoms with Crippen LogP contribution in [0, 0.1) is 0 Å². The molecule has 0 aliphatic heterocycles. The molecule has 0 aromatic carbocycles. The summed E-state index contributed by atoms with van der Waals surface area (Å²) in [7, 11) is 0. The fraction of sp³-hybridized carbons (Fsp3) is 0.615. The van der Waals surface area contributed by atoms with Gasteiger partial charge in [0.2, 0.25) is 17.7 Å². The summed E-state index contributed by atoms with van der Waals surface area (Å²) in [5.41, 5.74) is 10.1. The lowest BCUT2D eigenvalue weighted by atomic mass is 10.2. The van der Waals surface area contributed by atoms with Crippen molar-refractivity contribution in [2.24, 2.45) is 11.5 Å². The van der Waals surface area contributed by atoms with E-state index in [0.29, 0.717) is 6.42 Å². The van der Waals surface area contributed by atoms with Crippen LogP contribution in [0.25, 0.3) is 0 Å². The number of carbonyl (C=O) groups excluding carboxylic acids is 2. The van der Waals surface area contributed by atoms with Gasteiger partial charge in [0.1, 0.15) is 6.04 Å². The molecule has 3 atom stereocenters. The van der Waals surface area contributed by atoms with E-state index in [1.54, 1.807) is 6.92 Å². The number of hydrogen-bond donors (Lipinski definition) is 7. The number of aromatic nitrogens is 2. The quantitative estimate of drug-likeness (QED) is 0.254. The van der Waals surface area contributed by atoms with E-state index in [-0.39, 0.29) is 30.8 Å². The summed E-state index contributed by atoms with van der Waals surface area (Å²) in [6.07, 6.45) is -0.814. The second kappa shape index (κ2) is 11.7. The number of carbonyl (C=O) groups is 3. The Morgan fingerprint density at radius 3 is 2.31 bits per heavy atom. The maximum absolute atomic E-state index is 11.5. The van der Waals surface area contributed by atoms with E-state index in [2.05, 4.69) is 26.6 Å². The lowest BCUT2D eigenvalue weighted by molar-refractivity contribution is -0.141. The van der Waals surface area contributed by atoms with Crippen molar-refractivity contribution in [1.29, 1.82) is 0 Å². The molecule has 1 aromatic heterocycles. The van der Waals surface area contributed by atoms with Gasteiger partial charge in [-0.3, -0.25) is 4.79 Å². The predicted octanol–water partition coefficient (Wildman–Crippen LogP) is -2.42. The van der Waals surface area contributed by atoms with Crippen molar-refractivity contribution in [2.75, 3.05) is 6.61 Å². The molecule has 1 aromatic rings. The van der Waals surface area contributed by atoms with Crippen LogP contribution in [-0.2, 0) is 16.1 Å². The Morgan fingerprint density at radius 2 is 1.88 bits per heavy atom. The van der Waals surface area contributed by atoms with Gasteiger partial charge in [0.15, 0.2) is 6.04 Å². The van der Waals surface area contributed by atoms with Crippen LogP contribution in [0.4, 0.5) is 4.79 Å². The molecular weight excluding hydrogens is 352 g/mol. The highest BCUT2D eigenvalue weighted by Gasteiger charge is 2.25. The molecule has 1 heterocycles. The molecule has 1 rings (SSSR count). The smallest absolute Gasteiger partial charge is 0.328 e. The first kappa shape index (κ1) is 23.2. The summed E-state index contributed by atoms with van der Waals surface area (Å²) in [6.45, 7) is 2.43. The molecule has 148 valence electrons. The Bertz CT molecular complexity index is 591. The average Bonchev–Trinajstić information content (AvgIpc) is 3.06. The van der Waals surface area contributed by atoms with Crippen molar-refractivity contribution >= 4 is 17.9 Å². The fourth-order valence-electron chi connectivity index (χ4n) is 1.30. The number of nitrogens with two attached hydrogens (primary N) is 2. The monoisotopic (exact) mass is 376 g/mol. The molecule has 0 bridgehead atoms. The lowest BCUT2D eigenvalue weighted by Gasteiger charge is -2.16. The second-order valence-corrected chi connectivity index (χ2v) is 5.03. The number of aliphatic hydroxyl groups is 2. The number of urea groups is 1. The molecule has 3 amide bonds. The van der Waals surface area contributed by atoms with Crippen molar-refractivity contribution in [3.8, 4) is 0 Å². The Labute approximate surface area is 148 Å². The van der Waals surface area contributed by atoms with Gasteiger partial charge in [-0.1, -0.05) is 6.92 Å². The first-order valence-electron chi connectivity index (χ1n) is 7.54. The van der Waals surface area contributed by atoms with E-state index >= 15 is 0 Å². The molecule has 0 aliphatic rings. The van der Waals surface area contributed by atoms with Crippen molar-refractivity contribution < 1.29 is 34.1 Å². The maximum Gasteiger partial charge on any atom is 0.328 e. The summed E-state index contributed by atoms with van der Waals surface area (Å²) < 4.78 is 5.07. The molecule has 0 saturated heterocycles. The van der Waals surface area contributed by atoms with Crippen LogP contribution in [0.5, 0.6) is 0 Å². The maximum atomic E-state index is 11.5. The minimum Gasteiger partial charge on any atom is -0.480 e. The third-order valence-corrected chi connectivity index (χ3v) is 2.78. The molecule has 3 unspecified atom stereocenters. The molecule has 0 aliphatic carbocycles. The summed E-state index contributed by atoms with van der Waals surface area (Å²) >= 11 is 0. The highest BCUT2D eigenvalue weighted by atomic mass is 16.4. The number of rotatable bonds is 8. The highest BCUT2D eigenvalue weighted by Crippen LogP contribution is 2.07. The molecule has 13 nitrogen and oxygen atoms in total. The van der Waals surface area contributed by atoms with E-state index < -0.39 is 30.2 Å². The molecule has 0 radical (unpaired) electrons. The number of aliphatic hydroxyl groups excluding tert-OH is 2. The number of hydrogen-bond acceptors (Lipinski definition) is 9. The summed E-state index contributed by atoms with van der Waals surface area (Å²) in [6, 6.07) is -3.08. The Kier molecular flexibility index (Phi) is 10.5. The van der Waals surface area contributed by atoms with Crippen molar-refractivity contribution in [3.05, 3.63) is 11.8 Å². The summed E-state index contributed by atoms with van der Waals surface area (Å²) in [4.78, 5) is 31.9. The zero-order valence-corrected chi connectivity index (χ0v) is 14.4. The standard InChI is InChI=1S/C10H17N5O6.C3H7NO/c1-4(17)7(9(18)19)13-10(20)12-2-6-14-15-8(21-6)5(11)3-16;1-2-3(4)5/h4-5,7,16-17H,2-3,11H2,1H3,(H,18,19)(H2,12,13,20);2H2,1H3,(H2,4,5). The highest BCUT2D eigenvalue weighted by molar-refractivity contribution is 5.82. The SMILES string of the molecule is CC(O)C(NC(=O)NCc1nnc(C(N)CO)o1)C(=O)O.CCC(N)=O. The van der Waals surface area contributed by atoms with Crippen LogP contribution >= 0.6 is 0 Å². The second-order valence-electron chi connectivity index (χ2n) is 5.03. The fourth-order valence-corrected chi connectivity index (χ4v) is 1.30. The number of nitrogens with zero attached hydrogens (tertiary/aromatic N) is 2. The van der Waals surface area contributed by atoms with Gasteiger partial charge in [0, 0.05) is 6.42 Å². The number of carboxylic acid groups (broad SMARTS) is 1. The zero-order chi connectivity index (χ0) is 20.3. The van der Waals surface area contributed by atoms with Gasteiger partial charge in [0.05, 0.1) is 19.3 Å². The first-order valence-corrected chi connectivity index (χ1v) is 7.54. The zero-order valence-electron chi connectivity index (χ0n) is 14.4. The summed E-state index contributed by atoms with van der Waals surface area (Å²) in [5, 5.41) is 38.3. The number of aliphatic carboxylic acids is 1. The predicted molar refractivity (Wildman–Crippen MR) is 86.3 cm³/mol. The lowest BCUT2D eigenvalue weighted by Crippen LogP contribution is -2.51. The third kappa shape index (κ3) is 8.91. The van der Waals surface area contributed by atoms with Crippen LogP contribution in [0.15, 0.2) is 4.42 Å². The van der Waals surface area contributed by atoms with Crippen molar-refractivity contribution in [1.82, 2.24) is 20.8 Å². The van der Waals surface area contributed by atoms with Crippen LogP contribution in [-0.4, -0.2) is 62.2 Å². The van der Waals surface area contributed by atoms with E-state index in [0.717, 1.165) is 0 Å². The number of carboxylic acids is 1. The van der Waals surface area contributed by atoms with Crippen LogP contribution < -0.4 is 22.1 Å². The molecule has 26 heavy (non-hydrogen) atoms. The van der Waals surface area contributed by atoms with Gasteiger partial charge in [-0.2, -0.15) is 0 Å². The Morgan fingerprint density at radius 1 is 1.31 bits per heavy atom. The van der Waals surface area contributed by atoms with Gasteiger partial charge in [-0.15, -0.1) is 10.2 Å². The largest absolute Gasteiger partial charge is 0.480 e. The van der Waals surface area contributed by atoms with Gasteiger partial charge >= 0.3 is 12.0 Å². The van der Waals surface area contributed by atoms with Gasteiger partial charge in [0.25, 0.3) is 0 Å². The van der Waals surface area contributed by atoms with Crippen molar-refractivity contribution in [2.45, 2.75) is 45.0 Å². The minimum absolute atomic E-state index is 0.0158. The number of primary amides is 1. The van der Waals surface area contributed by atoms with E-state index in [4.69, 9.17) is 20.4 Å². The number of amides is 3. The topological polar surface area (TPSA) is 227 Å². The van der Waals surface area contributed by atoms with Gasteiger partial charge in [-0.25, -0.2) is 9.59 Å². The van der Waals surface area contributed by atoms with Crippen LogP contribution in [0.1, 0.15) is 38.1 Å². The molecule has 0 saturated carbocycles. The first-order chi connectivity index (χ1) is 12.1. The van der Waals surface area contributed by atoms with Gasteiger partial charge in [-0.05, 0) is 6.92 Å². The van der Waals surface area contributed by atoms with Crippen molar-refractivity contribution in [3.63, 3.8) is 0 Å².